The maximum absolute atomic E-state index is 10.7. The van der Waals surface area contributed by atoms with Crippen LogP contribution in [0.15, 0.2) is 18.2 Å². The smallest absolute Gasteiger partial charge is 0.221 e. The molecule has 0 bridgehead atoms. The lowest BCUT2D eigenvalue weighted by Crippen LogP contribution is -2.14. The zero-order valence-corrected chi connectivity index (χ0v) is 7.97. The highest BCUT2D eigenvalue weighted by molar-refractivity contribution is 6.30. The third-order valence-corrected chi connectivity index (χ3v) is 1.84. The Morgan fingerprint density at radius 2 is 2.31 bits per heavy atom. The fourth-order valence-electron chi connectivity index (χ4n) is 1.07. The summed E-state index contributed by atoms with van der Waals surface area (Å²) in [6, 6.07) is 5.08. The zero-order valence-electron chi connectivity index (χ0n) is 7.21. The van der Waals surface area contributed by atoms with Gasteiger partial charge in [-0.1, -0.05) is 11.6 Å². The van der Waals surface area contributed by atoms with E-state index in [0.717, 1.165) is 0 Å². The third-order valence-electron chi connectivity index (χ3n) is 1.61. The van der Waals surface area contributed by atoms with E-state index in [1.165, 1.54) is 7.11 Å². The molecule has 0 saturated heterocycles. The van der Waals surface area contributed by atoms with Crippen molar-refractivity contribution < 1.29 is 9.53 Å². The van der Waals surface area contributed by atoms with Crippen LogP contribution in [-0.2, 0) is 11.2 Å². The number of amides is 1. The highest BCUT2D eigenvalue weighted by Crippen LogP contribution is 2.22. The number of nitrogens with two attached hydrogens (primary N) is 1. The number of primary amides is 1. The summed E-state index contributed by atoms with van der Waals surface area (Å²) in [6.45, 7) is 0. The second-order valence-electron chi connectivity index (χ2n) is 2.60. The molecule has 0 aliphatic carbocycles. The normalized spacial score (nSPS) is 9.69. The van der Waals surface area contributed by atoms with Crippen molar-refractivity contribution in [3.05, 3.63) is 28.8 Å². The summed E-state index contributed by atoms with van der Waals surface area (Å²) in [5.74, 6) is 0.226. The minimum Gasteiger partial charge on any atom is -0.496 e. The maximum atomic E-state index is 10.7. The molecule has 4 heteroatoms. The van der Waals surface area contributed by atoms with Crippen LogP contribution in [0.1, 0.15) is 5.56 Å². The van der Waals surface area contributed by atoms with Crippen molar-refractivity contribution in [3.63, 3.8) is 0 Å². The van der Waals surface area contributed by atoms with Gasteiger partial charge in [-0.05, 0) is 18.2 Å². The Balaban J connectivity index is 3.01. The number of halogens is 1. The molecule has 1 aromatic carbocycles. The van der Waals surface area contributed by atoms with Gasteiger partial charge in [-0.15, -0.1) is 0 Å². The molecule has 0 heterocycles. The van der Waals surface area contributed by atoms with Gasteiger partial charge in [-0.2, -0.15) is 0 Å². The molecule has 0 atom stereocenters. The van der Waals surface area contributed by atoms with Gasteiger partial charge in [0.05, 0.1) is 13.5 Å². The standard InChI is InChI=1S/C9H10ClNO2/c1-13-8-3-2-7(10)4-6(8)5-9(11)12/h2-4H,5H2,1H3,(H2,11,12). The number of hydrogen-bond acceptors (Lipinski definition) is 2. The summed E-state index contributed by atoms with van der Waals surface area (Å²) in [5, 5.41) is 0.567. The number of methoxy groups -OCH3 is 1. The van der Waals surface area contributed by atoms with Crippen molar-refractivity contribution in [3.8, 4) is 5.75 Å². The van der Waals surface area contributed by atoms with Gasteiger partial charge in [-0.25, -0.2) is 0 Å². The predicted molar refractivity (Wildman–Crippen MR) is 50.9 cm³/mol. The summed E-state index contributed by atoms with van der Waals surface area (Å²) < 4.78 is 5.03. The van der Waals surface area contributed by atoms with Crippen LogP contribution in [0.3, 0.4) is 0 Å². The van der Waals surface area contributed by atoms with Gasteiger partial charge in [-0.3, -0.25) is 4.79 Å². The molecule has 0 aromatic heterocycles. The van der Waals surface area contributed by atoms with Crippen molar-refractivity contribution in [1.82, 2.24) is 0 Å². The van der Waals surface area contributed by atoms with Gasteiger partial charge in [0.15, 0.2) is 0 Å². The van der Waals surface area contributed by atoms with E-state index in [9.17, 15) is 4.79 Å². The SMILES string of the molecule is COc1ccc(Cl)cc1CC(N)=O. The molecule has 0 saturated carbocycles. The highest BCUT2D eigenvalue weighted by atomic mass is 35.5. The summed E-state index contributed by atoms with van der Waals surface area (Å²) in [7, 11) is 1.54. The number of carbonyl (C=O) groups excluding carboxylic acids is 1. The zero-order chi connectivity index (χ0) is 9.84. The highest BCUT2D eigenvalue weighted by Gasteiger charge is 2.06. The van der Waals surface area contributed by atoms with Gasteiger partial charge >= 0.3 is 0 Å². The Kier molecular flexibility index (Phi) is 3.14. The van der Waals surface area contributed by atoms with Crippen LogP contribution in [0.25, 0.3) is 0 Å². The van der Waals surface area contributed by atoms with Crippen LogP contribution >= 0.6 is 11.6 Å². The third kappa shape index (κ3) is 2.63. The Morgan fingerprint density at radius 3 is 2.85 bits per heavy atom. The van der Waals surface area contributed by atoms with Crippen LogP contribution in [-0.4, -0.2) is 13.0 Å². The van der Waals surface area contributed by atoms with E-state index in [1.54, 1.807) is 18.2 Å². The fraction of sp³-hybridized carbons (Fsp3) is 0.222. The summed E-state index contributed by atoms with van der Waals surface area (Å²) in [4.78, 5) is 10.7. The minimum absolute atomic E-state index is 0.143. The van der Waals surface area contributed by atoms with E-state index in [1.807, 2.05) is 0 Å². The molecule has 13 heavy (non-hydrogen) atoms. The van der Waals surface area contributed by atoms with E-state index in [2.05, 4.69) is 0 Å². The second-order valence-corrected chi connectivity index (χ2v) is 3.04. The first kappa shape index (κ1) is 9.86. The molecular weight excluding hydrogens is 190 g/mol. The molecule has 0 spiro atoms. The van der Waals surface area contributed by atoms with Crippen molar-refractivity contribution in [2.24, 2.45) is 5.73 Å². The number of carbonyl (C=O) groups is 1. The first-order valence-electron chi connectivity index (χ1n) is 3.74. The molecule has 0 aliphatic rings. The Labute approximate surface area is 81.4 Å². The topological polar surface area (TPSA) is 52.3 Å². The van der Waals surface area contributed by atoms with E-state index >= 15 is 0 Å². The van der Waals surface area contributed by atoms with Gasteiger partial charge in [0, 0.05) is 10.6 Å². The van der Waals surface area contributed by atoms with Crippen LogP contribution in [0, 0.1) is 0 Å². The lowest BCUT2D eigenvalue weighted by atomic mass is 10.1. The molecular formula is C9H10ClNO2. The van der Waals surface area contributed by atoms with Crippen LogP contribution in [0.5, 0.6) is 5.75 Å². The van der Waals surface area contributed by atoms with Gasteiger partial charge in [0.25, 0.3) is 0 Å². The van der Waals surface area contributed by atoms with Gasteiger partial charge in [0.1, 0.15) is 5.75 Å². The fourth-order valence-corrected chi connectivity index (χ4v) is 1.27. The maximum Gasteiger partial charge on any atom is 0.221 e. The Hall–Kier alpha value is -1.22. The first-order valence-corrected chi connectivity index (χ1v) is 4.12. The number of ether oxygens (including phenoxy) is 1. The minimum atomic E-state index is -0.402. The van der Waals surface area contributed by atoms with E-state index in [0.29, 0.717) is 16.3 Å². The lowest BCUT2D eigenvalue weighted by Gasteiger charge is -2.06. The van der Waals surface area contributed by atoms with Crippen molar-refractivity contribution in [2.45, 2.75) is 6.42 Å². The molecule has 0 fully saturated rings. The molecule has 0 radical (unpaired) electrons. The quantitative estimate of drug-likeness (QED) is 0.800. The molecule has 3 nitrogen and oxygen atoms in total. The monoisotopic (exact) mass is 199 g/mol. The van der Waals surface area contributed by atoms with E-state index < -0.39 is 5.91 Å². The molecule has 0 aliphatic heterocycles. The van der Waals surface area contributed by atoms with Crippen molar-refractivity contribution in [1.29, 1.82) is 0 Å². The molecule has 1 aromatic rings. The van der Waals surface area contributed by atoms with Crippen molar-refractivity contribution >= 4 is 17.5 Å². The molecule has 0 unspecified atom stereocenters. The second kappa shape index (κ2) is 4.14. The Bertz CT molecular complexity index is 325. The molecule has 1 amide bonds. The van der Waals surface area contributed by atoms with Crippen LogP contribution < -0.4 is 10.5 Å². The molecule has 2 N–H and O–H groups in total. The number of benzene rings is 1. The van der Waals surface area contributed by atoms with Gasteiger partial charge in [0.2, 0.25) is 5.91 Å². The molecule has 70 valence electrons. The van der Waals surface area contributed by atoms with E-state index in [4.69, 9.17) is 22.1 Å². The van der Waals surface area contributed by atoms with Crippen molar-refractivity contribution in [2.75, 3.05) is 7.11 Å². The molecule has 1 rings (SSSR count). The lowest BCUT2D eigenvalue weighted by molar-refractivity contribution is -0.117. The first-order chi connectivity index (χ1) is 6.13. The van der Waals surface area contributed by atoms with Crippen LogP contribution in [0.4, 0.5) is 0 Å². The number of hydrogen-bond donors (Lipinski definition) is 1. The number of rotatable bonds is 3. The van der Waals surface area contributed by atoms with E-state index in [-0.39, 0.29) is 6.42 Å². The summed E-state index contributed by atoms with van der Waals surface area (Å²) in [6.07, 6.45) is 0.143. The summed E-state index contributed by atoms with van der Waals surface area (Å²) >= 11 is 5.75. The van der Waals surface area contributed by atoms with Crippen LogP contribution in [0.2, 0.25) is 5.02 Å². The average Bonchev–Trinajstić information content (AvgIpc) is 2.03. The van der Waals surface area contributed by atoms with Gasteiger partial charge < -0.3 is 10.5 Å². The predicted octanol–water partition coefficient (Wildman–Crippen LogP) is 1.38. The summed E-state index contributed by atoms with van der Waals surface area (Å²) in [5.41, 5.74) is 5.77. The average molecular weight is 200 g/mol. The largest absolute Gasteiger partial charge is 0.496 e. The Morgan fingerprint density at radius 1 is 1.62 bits per heavy atom.